The summed E-state index contributed by atoms with van der Waals surface area (Å²) in [6, 6.07) is 11.7. The first-order chi connectivity index (χ1) is 15.8. The van der Waals surface area contributed by atoms with Crippen LogP contribution in [0.2, 0.25) is 10.0 Å². The molecule has 1 atom stereocenters. The lowest BCUT2D eigenvalue weighted by atomic mass is 9.92. The van der Waals surface area contributed by atoms with Crippen LogP contribution >= 0.6 is 23.2 Å². The van der Waals surface area contributed by atoms with Crippen LogP contribution in [-0.2, 0) is 15.1 Å². The fraction of sp³-hybridized carbons (Fsp3) is 0.375. The molecule has 0 aromatic heterocycles. The summed E-state index contributed by atoms with van der Waals surface area (Å²) < 4.78 is 0. The number of nitrogens with one attached hydrogen (secondary N) is 2. The maximum atomic E-state index is 13.1. The minimum Gasteiger partial charge on any atom is -0.372 e. The number of halogens is 2. The van der Waals surface area contributed by atoms with Crippen LogP contribution in [-0.4, -0.2) is 42.4 Å². The Bertz CT molecular complexity index is 1070. The standard InChI is InChI=1S/C24H26Cl2N4O3/c1-24(19-11-6-16(25)14-20(19)26)22(32)30(23(33)28-24)15-21(31)27-17-7-9-18(10-8-17)29-12-4-2-3-5-13-29/h6-11,14H,2-5,12-13,15H2,1H3,(H,27,31)(H,28,33)/t24-/m0/s1. The maximum Gasteiger partial charge on any atom is 0.325 e. The van der Waals surface area contributed by atoms with E-state index in [1.807, 2.05) is 24.3 Å². The molecule has 4 rings (SSSR count). The Morgan fingerprint density at radius 1 is 1.03 bits per heavy atom. The zero-order valence-electron chi connectivity index (χ0n) is 18.4. The largest absolute Gasteiger partial charge is 0.372 e. The molecule has 174 valence electrons. The number of carbonyl (C=O) groups excluding carboxylic acids is 3. The molecule has 2 fully saturated rings. The zero-order valence-corrected chi connectivity index (χ0v) is 19.9. The second kappa shape index (κ2) is 9.61. The molecule has 2 aliphatic rings. The molecule has 0 radical (unpaired) electrons. The van der Waals surface area contributed by atoms with E-state index in [0.717, 1.165) is 23.7 Å². The Morgan fingerprint density at radius 2 is 1.70 bits per heavy atom. The molecule has 2 aromatic carbocycles. The summed E-state index contributed by atoms with van der Waals surface area (Å²) in [6.07, 6.45) is 4.89. The van der Waals surface area contributed by atoms with Crippen LogP contribution in [0.15, 0.2) is 42.5 Å². The Morgan fingerprint density at radius 3 is 2.33 bits per heavy atom. The molecule has 2 aliphatic heterocycles. The van der Waals surface area contributed by atoms with Gasteiger partial charge in [-0.25, -0.2) is 4.79 Å². The SMILES string of the molecule is C[C@@]1(c2ccc(Cl)cc2Cl)NC(=O)N(CC(=O)Nc2ccc(N3CCCCCC3)cc2)C1=O. The van der Waals surface area contributed by atoms with Crippen molar-refractivity contribution in [3.05, 3.63) is 58.1 Å². The molecule has 0 spiro atoms. The van der Waals surface area contributed by atoms with Gasteiger partial charge < -0.3 is 15.5 Å². The number of carbonyl (C=O) groups is 3. The number of amides is 4. The van der Waals surface area contributed by atoms with Gasteiger partial charge in [-0.3, -0.25) is 14.5 Å². The number of benzene rings is 2. The van der Waals surface area contributed by atoms with Crippen LogP contribution in [0.25, 0.3) is 0 Å². The fourth-order valence-electron chi connectivity index (χ4n) is 4.35. The van der Waals surface area contributed by atoms with Crippen LogP contribution in [0, 0.1) is 0 Å². The van der Waals surface area contributed by atoms with Crippen LogP contribution < -0.4 is 15.5 Å². The van der Waals surface area contributed by atoms with Gasteiger partial charge in [0.25, 0.3) is 5.91 Å². The summed E-state index contributed by atoms with van der Waals surface area (Å²) in [7, 11) is 0. The number of hydrogen-bond acceptors (Lipinski definition) is 4. The summed E-state index contributed by atoms with van der Waals surface area (Å²) in [5.74, 6) is -1.02. The molecule has 7 nitrogen and oxygen atoms in total. The van der Waals surface area contributed by atoms with Crippen molar-refractivity contribution >= 4 is 52.4 Å². The van der Waals surface area contributed by atoms with Crippen molar-refractivity contribution < 1.29 is 14.4 Å². The summed E-state index contributed by atoms with van der Waals surface area (Å²) in [6.45, 7) is 3.23. The smallest absolute Gasteiger partial charge is 0.325 e. The number of urea groups is 1. The van der Waals surface area contributed by atoms with Crippen molar-refractivity contribution in [2.24, 2.45) is 0 Å². The highest BCUT2D eigenvalue weighted by atomic mass is 35.5. The summed E-state index contributed by atoms with van der Waals surface area (Å²) in [5.41, 5.74) is 0.765. The number of imide groups is 1. The highest BCUT2D eigenvalue weighted by molar-refractivity contribution is 6.35. The quantitative estimate of drug-likeness (QED) is 0.593. The van der Waals surface area contributed by atoms with E-state index in [0.29, 0.717) is 16.3 Å². The van der Waals surface area contributed by atoms with Crippen molar-refractivity contribution in [3.8, 4) is 0 Å². The first-order valence-electron chi connectivity index (χ1n) is 11.0. The van der Waals surface area contributed by atoms with Gasteiger partial charge in [0.2, 0.25) is 5.91 Å². The summed E-state index contributed by atoms with van der Waals surface area (Å²) in [4.78, 5) is 41.5. The molecular weight excluding hydrogens is 463 g/mol. The molecule has 2 N–H and O–H groups in total. The van der Waals surface area contributed by atoms with Crippen molar-refractivity contribution in [1.29, 1.82) is 0 Å². The van der Waals surface area contributed by atoms with Crippen molar-refractivity contribution in [2.45, 2.75) is 38.1 Å². The first kappa shape index (κ1) is 23.4. The third-order valence-electron chi connectivity index (χ3n) is 6.17. The molecule has 0 saturated carbocycles. The second-order valence-corrected chi connectivity index (χ2v) is 9.41. The van der Waals surface area contributed by atoms with E-state index >= 15 is 0 Å². The molecule has 9 heteroatoms. The Labute approximate surface area is 203 Å². The normalized spacial score (nSPS) is 21.1. The minimum atomic E-state index is -1.38. The molecule has 33 heavy (non-hydrogen) atoms. The zero-order chi connectivity index (χ0) is 23.6. The molecule has 0 aliphatic carbocycles. The molecule has 0 unspecified atom stereocenters. The molecule has 2 heterocycles. The van der Waals surface area contributed by atoms with Crippen molar-refractivity contribution in [2.75, 3.05) is 29.9 Å². The van der Waals surface area contributed by atoms with E-state index in [-0.39, 0.29) is 5.02 Å². The summed E-state index contributed by atoms with van der Waals surface area (Å²) >= 11 is 12.2. The lowest BCUT2D eigenvalue weighted by Crippen LogP contribution is -2.42. The van der Waals surface area contributed by atoms with E-state index < -0.39 is 29.9 Å². The molecule has 0 bridgehead atoms. The van der Waals surface area contributed by atoms with Gasteiger partial charge in [-0.15, -0.1) is 0 Å². The van der Waals surface area contributed by atoms with Crippen LogP contribution in [0.3, 0.4) is 0 Å². The van der Waals surface area contributed by atoms with E-state index in [1.165, 1.54) is 31.7 Å². The first-order valence-corrected chi connectivity index (χ1v) is 11.8. The number of hydrogen-bond donors (Lipinski definition) is 2. The van der Waals surface area contributed by atoms with Gasteiger partial charge in [0.05, 0.1) is 0 Å². The van der Waals surface area contributed by atoms with Gasteiger partial charge in [0.15, 0.2) is 0 Å². The number of rotatable bonds is 5. The van der Waals surface area contributed by atoms with Gasteiger partial charge in [-0.2, -0.15) is 0 Å². The van der Waals surface area contributed by atoms with Gasteiger partial charge in [0, 0.05) is 40.1 Å². The topological polar surface area (TPSA) is 81.8 Å². The highest BCUT2D eigenvalue weighted by Crippen LogP contribution is 2.35. The van der Waals surface area contributed by atoms with Gasteiger partial charge >= 0.3 is 6.03 Å². The number of nitrogens with zero attached hydrogens (tertiary/aromatic N) is 2. The van der Waals surface area contributed by atoms with Crippen LogP contribution in [0.5, 0.6) is 0 Å². The minimum absolute atomic E-state index is 0.259. The monoisotopic (exact) mass is 488 g/mol. The third kappa shape index (κ3) is 4.94. The van der Waals surface area contributed by atoms with Gasteiger partial charge in [0.1, 0.15) is 12.1 Å². The van der Waals surface area contributed by atoms with E-state index in [2.05, 4.69) is 15.5 Å². The fourth-order valence-corrected chi connectivity index (χ4v) is 4.94. The van der Waals surface area contributed by atoms with Crippen molar-refractivity contribution in [1.82, 2.24) is 10.2 Å². The molecule has 4 amide bonds. The van der Waals surface area contributed by atoms with Gasteiger partial charge in [-0.05, 0) is 56.2 Å². The Hall–Kier alpha value is -2.77. The predicted molar refractivity (Wildman–Crippen MR) is 130 cm³/mol. The average molecular weight is 489 g/mol. The third-order valence-corrected chi connectivity index (χ3v) is 6.72. The predicted octanol–water partition coefficient (Wildman–Crippen LogP) is 4.78. The number of anilines is 2. The van der Waals surface area contributed by atoms with E-state index in [4.69, 9.17) is 23.2 Å². The molecular formula is C24H26Cl2N4O3. The van der Waals surface area contributed by atoms with E-state index in [9.17, 15) is 14.4 Å². The molecule has 2 aromatic rings. The van der Waals surface area contributed by atoms with E-state index in [1.54, 1.807) is 19.1 Å². The highest BCUT2D eigenvalue weighted by Gasteiger charge is 2.50. The maximum absolute atomic E-state index is 13.1. The average Bonchev–Trinajstić information content (AvgIpc) is 2.97. The Kier molecular flexibility index (Phi) is 6.81. The van der Waals surface area contributed by atoms with Crippen LogP contribution in [0.1, 0.15) is 38.2 Å². The second-order valence-electron chi connectivity index (χ2n) is 8.57. The van der Waals surface area contributed by atoms with Gasteiger partial charge in [-0.1, -0.05) is 42.1 Å². The lowest BCUT2D eigenvalue weighted by Gasteiger charge is -2.23. The Balaban J connectivity index is 1.41. The molecule has 2 saturated heterocycles. The van der Waals surface area contributed by atoms with Crippen molar-refractivity contribution in [3.63, 3.8) is 0 Å². The lowest BCUT2D eigenvalue weighted by molar-refractivity contribution is -0.133. The summed E-state index contributed by atoms with van der Waals surface area (Å²) in [5, 5.41) is 6.09. The van der Waals surface area contributed by atoms with Crippen LogP contribution in [0.4, 0.5) is 16.2 Å².